The molecule has 178 valence electrons. The number of fused-ring (bicyclic) bond motifs is 3. The van der Waals surface area contributed by atoms with Gasteiger partial charge in [0, 0.05) is 19.0 Å². The van der Waals surface area contributed by atoms with Gasteiger partial charge in [0.1, 0.15) is 6.61 Å². The van der Waals surface area contributed by atoms with Gasteiger partial charge in [-0.15, -0.1) is 0 Å². The minimum atomic E-state index is -1.07. The van der Waals surface area contributed by atoms with E-state index in [1.807, 2.05) is 24.3 Å². The van der Waals surface area contributed by atoms with Gasteiger partial charge >= 0.3 is 12.2 Å². The summed E-state index contributed by atoms with van der Waals surface area (Å²) in [6.45, 7) is 3.10. The molecule has 0 saturated heterocycles. The summed E-state index contributed by atoms with van der Waals surface area (Å²) in [5.74, 6) is 0.0361. The number of nitrogens with one attached hydrogen (secondary N) is 2. The quantitative estimate of drug-likeness (QED) is 0.373. The van der Waals surface area contributed by atoms with Crippen molar-refractivity contribution < 1.29 is 33.6 Å². The third-order valence-electron chi connectivity index (χ3n) is 5.13. The number of amides is 2. The van der Waals surface area contributed by atoms with Gasteiger partial charge in [0.25, 0.3) is 0 Å². The normalized spacial score (nSPS) is 12.1. The van der Waals surface area contributed by atoms with Crippen LogP contribution in [-0.4, -0.2) is 76.6 Å². The molecule has 0 bridgehead atoms. The van der Waals surface area contributed by atoms with E-state index < -0.39 is 12.2 Å². The molecular formula is C24H30N2O7. The van der Waals surface area contributed by atoms with E-state index in [0.29, 0.717) is 46.2 Å². The van der Waals surface area contributed by atoms with Gasteiger partial charge in [-0.25, -0.2) is 9.59 Å². The second kappa shape index (κ2) is 13.4. The molecule has 1 aliphatic rings. The van der Waals surface area contributed by atoms with Crippen molar-refractivity contribution in [3.8, 4) is 11.1 Å². The number of carbonyl (C=O) groups excluding carboxylic acids is 1. The fraction of sp³-hybridized carbons (Fsp3) is 0.417. The first kappa shape index (κ1) is 24.5. The van der Waals surface area contributed by atoms with E-state index in [1.165, 1.54) is 22.3 Å². The lowest BCUT2D eigenvalue weighted by Gasteiger charge is -2.14. The Morgan fingerprint density at radius 3 is 1.76 bits per heavy atom. The maximum absolute atomic E-state index is 12.1. The van der Waals surface area contributed by atoms with Gasteiger partial charge in [0.15, 0.2) is 0 Å². The Morgan fingerprint density at radius 2 is 1.21 bits per heavy atom. The van der Waals surface area contributed by atoms with Crippen LogP contribution in [0.5, 0.6) is 0 Å². The Kier molecular flexibility index (Phi) is 9.96. The van der Waals surface area contributed by atoms with Gasteiger partial charge in [-0.3, -0.25) is 0 Å². The molecule has 0 aromatic heterocycles. The topological polar surface area (TPSA) is 115 Å². The van der Waals surface area contributed by atoms with Crippen molar-refractivity contribution in [1.29, 1.82) is 0 Å². The van der Waals surface area contributed by atoms with Crippen molar-refractivity contribution in [3.05, 3.63) is 59.7 Å². The molecular weight excluding hydrogens is 428 g/mol. The standard InChI is InChI=1S/C24H30N2O7/c27-23(28)25-9-11-30-13-15-32-16-14-31-12-10-26-24(29)33-17-22-20-7-3-1-5-18(20)19-6-2-4-8-21(19)22/h1-8,22,25H,9-17H2,(H,26,29)(H,27,28). The monoisotopic (exact) mass is 458 g/mol. The van der Waals surface area contributed by atoms with Crippen LogP contribution >= 0.6 is 0 Å². The molecule has 0 radical (unpaired) electrons. The Hall–Kier alpha value is -3.14. The van der Waals surface area contributed by atoms with E-state index in [-0.39, 0.29) is 19.1 Å². The number of hydrogen-bond donors (Lipinski definition) is 3. The lowest BCUT2D eigenvalue weighted by Crippen LogP contribution is -2.29. The summed E-state index contributed by atoms with van der Waals surface area (Å²) in [5.41, 5.74) is 4.74. The van der Waals surface area contributed by atoms with Crippen molar-refractivity contribution in [3.63, 3.8) is 0 Å². The van der Waals surface area contributed by atoms with Gasteiger partial charge in [-0.2, -0.15) is 0 Å². The highest BCUT2D eigenvalue weighted by atomic mass is 16.6. The summed E-state index contributed by atoms with van der Waals surface area (Å²) < 4.78 is 21.4. The predicted molar refractivity (Wildman–Crippen MR) is 122 cm³/mol. The lowest BCUT2D eigenvalue weighted by atomic mass is 9.98. The van der Waals surface area contributed by atoms with Crippen LogP contribution in [0.25, 0.3) is 11.1 Å². The summed E-state index contributed by atoms with van der Waals surface area (Å²) in [6, 6.07) is 16.4. The minimum absolute atomic E-state index is 0.0361. The van der Waals surface area contributed by atoms with E-state index in [1.54, 1.807) is 0 Å². The minimum Gasteiger partial charge on any atom is -0.465 e. The second-order valence-electron chi connectivity index (χ2n) is 7.32. The van der Waals surface area contributed by atoms with Gasteiger partial charge in [0.05, 0.1) is 39.6 Å². The predicted octanol–water partition coefficient (Wildman–Crippen LogP) is 2.84. The first-order valence-electron chi connectivity index (χ1n) is 11.0. The molecule has 2 amide bonds. The molecule has 0 heterocycles. The smallest absolute Gasteiger partial charge is 0.407 e. The third-order valence-corrected chi connectivity index (χ3v) is 5.13. The van der Waals surface area contributed by atoms with Crippen LogP contribution in [0, 0.1) is 0 Å². The Balaban J connectivity index is 1.21. The zero-order valence-electron chi connectivity index (χ0n) is 18.5. The van der Waals surface area contributed by atoms with Gasteiger partial charge in [0.2, 0.25) is 0 Å². The molecule has 0 fully saturated rings. The van der Waals surface area contributed by atoms with E-state index in [0.717, 1.165) is 0 Å². The van der Waals surface area contributed by atoms with E-state index in [9.17, 15) is 9.59 Å². The maximum atomic E-state index is 12.1. The maximum Gasteiger partial charge on any atom is 0.407 e. The van der Waals surface area contributed by atoms with Crippen molar-refractivity contribution >= 4 is 12.2 Å². The van der Waals surface area contributed by atoms with Crippen LogP contribution in [0.2, 0.25) is 0 Å². The van der Waals surface area contributed by atoms with Crippen molar-refractivity contribution in [2.75, 3.05) is 59.3 Å². The molecule has 2 aromatic carbocycles. The number of alkyl carbamates (subject to hydrolysis) is 1. The molecule has 3 rings (SSSR count). The number of benzene rings is 2. The molecule has 0 aliphatic heterocycles. The Bertz CT molecular complexity index is 860. The van der Waals surface area contributed by atoms with Gasteiger partial charge in [-0.1, -0.05) is 48.5 Å². The number of hydrogen-bond acceptors (Lipinski definition) is 6. The SMILES string of the molecule is O=C(O)NCCOCCOCCOCCNC(=O)OCC1c2ccccc2-c2ccccc21. The third kappa shape index (κ3) is 7.74. The van der Waals surface area contributed by atoms with Crippen LogP contribution in [0.1, 0.15) is 17.0 Å². The van der Waals surface area contributed by atoms with Crippen LogP contribution in [0.15, 0.2) is 48.5 Å². The fourth-order valence-corrected chi connectivity index (χ4v) is 3.65. The molecule has 9 heteroatoms. The van der Waals surface area contributed by atoms with Crippen molar-refractivity contribution in [2.24, 2.45) is 0 Å². The summed E-state index contributed by atoms with van der Waals surface area (Å²) in [5, 5.41) is 13.3. The summed E-state index contributed by atoms with van der Waals surface area (Å²) >= 11 is 0. The average Bonchev–Trinajstić information content (AvgIpc) is 3.14. The van der Waals surface area contributed by atoms with Crippen LogP contribution in [0.3, 0.4) is 0 Å². The number of rotatable bonds is 14. The molecule has 0 saturated carbocycles. The first-order valence-corrected chi connectivity index (χ1v) is 11.0. The molecule has 33 heavy (non-hydrogen) atoms. The van der Waals surface area contributed by atoms with Crippen LogP contribution < -0.4 is 10.6 Å². The zero-order chi connectivity index (χ0) is 23.3. The van der Waals surface area contributed by atoms with E-state index in [4.69, 9.17) is 24.1 Å². The number of carbonyl (C=O) groups is 2. The van der Waals surface area contributed by atoms with Gasteiger partial charge < -0.3 is 34.7 Å². The summed E-state index contributed by atoms with van der Waals surface area (Å²) in [6.07, 6.45) is -1.54. The Morgan fingerprint density at radius 1 is 0.727 bits per heavy atom. The lowest BCUT2D eigenvalue weighted by molar-refractivity contribution is 0.0157. The summed E-state index contributed by atoms with van der Waals surface area (Å²) in [4.78, 5) is 22.3. The van der Waals surface area contributed by atoms with Crippen LogP contribution in [-0.2, 0) is 18.9 Å². The number of ether oxygens (including phenoxy) is 4. The zero-order valence-corrected chi connectivity index (χ0v) is 18.5. The number of carboxylic acid groups (broad SMARTS) is 1. The van der Waals surface area contributed by atoms with E-state index >= 15 is 0 Å². The molecule has 0 unspecified atom stereocenters. The highest BCUT2D eigenvalue weighted by molar-refractivity contribution is 5.79. The second-order valence-corrected chi connectivity index (χ2v) is 7.32. The first-order chi connectivity index (χ1) is 16.2. The van der Waals surface area contributed by atoms with Gasteiger partial charge in [-0.05, 0) is 22.3 Å². The Labute approximate surface area is 193 Å². The molecule has 3 N–H and O–H groups in total. The van der Waals surface area contributed by atoms with Crippen molar-refractivity contribution in [2.45, 2.75) is 5.92 Å². The fourth-order valence-electron chi connectivity index (χ4n) is 3.65. The highest BCUT2D eigenvalue weighted by Gasteiger charge is 2.28. The van der Waals surface area contributed by atoms with E-state index in [2.05, 4.69) is 34.9 Å². The molecule has 2 aromatic rings. The highest BCUT2D eigenvalue weighted by Crippen LogP contribution is 2.44. The largest absolute Gasteiger partial charge is 0.465 e. The molecule has 0 spiro atoms. The average molecular weight is 459 g/mol. The molecule has 9 nitrogen and oxygen atoms in total. The summed E-state index contributed by atoms with van der Waals surface area (Å²) in [7, 11) is 0. The molecule has 1 aliphatic carbocycles. The molecule has 0 atom stereocenters. The van der Waals surface area contributed by atoms with Crippen LogP contribution in [0.4, 0.5) is 9.59 Å². The van der Waals surface area contributed by atoms with Crippen molar-refractivity contribution in [1.82, 2.24) is 10.6 Å².